The lowest BCUT2D eigenvalue weighted by atomic mass is 10.1. The molecule has 0 spiro atoms. The maximum atomic E-state index is 11.0. The molecule has 1 unspecified atom stereocenters. The fraction of sp³-hybridized carbons (Fsp3) is 0.222. The van der Waals surface area contributed by atoms with Crippen LogP contribution in [0, 0.1) is 0 Å². The van der Waals surface area contributed by atoms with Crippen LogP contribution in [0.15, 0.2) is 24.3 Å². The minimum Gasteiger partial charge on any atom is -0.457 e. The van der Waals surface area contributed by atoms with Crippen LogP contribution in [0.5, 0.6) is 5.75 Å². The van der Waals surface area contributed by atoms with Gasteiger partial charge >= 0.3 is 0 Å². The Balaban J connectivity index is 2.40. The maximum absolute atomic E-state index is 11.0. The van der Waals surface area contributed by atoms with E-state index < -0.39 is 6.29 Å². The molecule has 0 aliphatic carbocycles. The standard InChI is InChI=1S/C9H8O3/c10-7-5-6-3-1-2-4-8(6)12-9(7)11/h1-4,9,11H,5H2. The average Bonchev–Trinajstić information content (AvgIpc) is 2.07. The number of carbonyl (C=O) groups is 1. The van der Waals surface area contributed by atoms with Crippen molar-refractivity contribution in [1.29, 1.82) is 0 Å². The summed E-state index contributed by atoms with van der Waals surface area (Å²) in [6.07, 6.45) is -1.02. The molecule has 0 radical (unpaired) electrons. The normalized spacial score (nSPS) is 21.4. The van der Waals surface area contributed by atoms with Gasteiger partial charge in [0.1, 0.15) is 5.75 Å². The summed E-state index contributed by atoms with van der Waals surface area (Å²) in [5, 5.41) is 9.05. The van der Waals surface area contributed by atoms with E-state index in [0.717, 1.165) is 5.56 Å². The molecule has 1 heterocycles. The number of para-hydroxylation sites is 1. The third kappa shape index (κ3) is 1.08. The van der Waals surface area contributed by atoms with Gasteiger partial charge in [-0.3, -0.25) is 4.79 Å². The van der Waals surface area contributed by atoms with Gasteiger partial charge in [-0.25, -0.2) is 0 Å². The minimum atomic E-state index is -1.28. The number of fused-ring (bicyclic) bond motifs is 1. The molecule has 0 amide bonds. The zero-order valence-electron chi connectivity index (χ0n) is 6.36. The van der Waals surface area contributed by atoms with Crippen LogP contribution in [0.2, 0.25) is 0 Å². The van der Waals surface area contributed by atoms with Crippen molar-refractivity contribution in [3.05, 3.63) is 29.8 Å². The van der Waals surface area contributed by atoms with Crippen molar-refractivity contribution in [1.82, 2.24) is 0 Å². The number of aliphatic hydroxyl groups excluding tert-OH is 1. The molecule has 0 bridgehead atoms. The van der Waals surface area contributed by atoms with E-state index in [1.165, 1.54) is 0 Å². The van der Waals surface area contributed by atoms with Crippen LogP contribution in [0.3, 0.4) is 0 Å². The number of rotatable bonds is 0. The number of ketones is 1. The third-order valence-corrected chi connectivity index (χ3v) is 1.85. The molecule has 2 rings (SSSR count). The SMILES string of the molecule is O=C1Cc2ccccc2OC1O. The van der Waals surface area contributed by atoms with Gasteiger partial charge in [0.2, 0.25) is 5.78 Å². The molecule has 1 aliphatic rings. The second kappa shape index (κ2) is 2.60. The summed E-state index contributed by atoms with van der Waals surface area (Å²) in [4.78, 5) is 11.0. The average molecular weight is 164 g/mol. The molecular formula is C9H8O3. The van der Waals surface area contributed by atoms with Crippen molar-refractivity contribution in [3.63, 3.8) is 0 Å². The predicted octanol–water partition coefficient (Wildman–Crippen LogP) is 0.509. The summed E-state index contributed by atoms with van der Waals surface area (Å²) in [6.45, 7) is 0. The van der Waals surface area contributed by atoms with E-state index in [-0.39, 0.29) is 12.2 Å². The molecule has 0 fully saturated rings. The van der Waals surface area contributed by atoms with Crippen molar-refractivity contribution >= 4 is 5.78 Å². The molecule has 3 heteroatoms. The van der Waals surface area contributed by atoms with E-state index in [0.29, 0.717) is 5.75 Å². The molecule has 0 saturated carbocycles. The van der Waals surface area contributed by atoms with Crippen molar-refractivity contribution in [3.8, 4) is 5.75 Å². The van der Waals surface area contributed by atoms with Gasteiger partial charge in [0.25, 0.3) is 6.29 Å². The second-order valence-electron chi connectivity index (χ2n) is 2.72. The van der Waals surface area contributed by atoms with Gasteiger partial charge in [-0.1, -0.05) is 18.2 Å². The zero-order chi connectivity index (χ0) is 8.55. The number of ether oxygens (including phenoxy) is 1. The fourth-order valence-electron chi connectivity index (χ4n) is 1.23. The van der Waals surface area contributed by atoms with Crippen LogP contribution in [-0.4, -0.2) is 17.2 Å². The molecule has 12 heavy (non-hydrogen) atoms. The largest absolute Gasteiger partial charge is 0.457 e. The van der Waals surface area contributed by atoms with E-state index in [4.69, 9.17) is 9.84 Å². The molecule has 1 N–H and O–H groups in total. The number of carbonyl (C=O) groups excluding carboxylic acids is 1. The molecule has 0 aromatic heterocycles. The smallest absolute Gasteiger partial charge is 0.257 e. The number of hydrogen-bond donors (Lipinski definition) is 1. The minimum absolute atomic E-state index is 0.261. The Morgan fingerprint density at radius 2 is 2.17 bits per heavy atom. The quantitative estimate of drug-likeness (QED) is 0.607. The Kier molecular flexibility index (Phi) is 1.59. The van der Waals surface area contributed by atoms with E-state index in [2.05, 4.69) is 0 Å². The van der Waals surface area contributed by atoms with Gasteiger partial charge in [-0.15, -0.1) is 0 Å². The summed E-state index contributed by atoms with van der Waals surface area (Å²) >= 11 is 0. The van der Waals surface area contributed by atoms with Crippen LogP contribution in [0.1, 0.15) is 5.56 Å². The van der Waals surface area contributed by atoms with Gasteiger partial charge < -0.3 is 9.84 Å². The topological polar surface area (TPSA) is 46.5 Å². The Labute approximate surface area is 69.6 Å². The van der Waals surface area contributed by atoms with Crippen molar-refractivity contribution in [2.45, 2.75) is 12.7 Å². The summed E-state index contributed by atoms with van der Waals surface area (Å²) in [5.41, 5.74) is 0.841. The van der Waals surface area contributed by atoms with E-state index >= 15 is 0 Å². The Bertz CT molecular complexity index is 319. The van der Waals surface area contributed by atoms with Crippen LogP contribution in [0.25, 0.3) is 0 Å². The Morgan fingerprint density at radius 1 is 1.42 bits per heavy atom. The van der Waals surface area contributed by atoms with Crippen LogP contribution < -0.4 is 4.74 Å². The lowest BCUT2D eigenvalue weighted by Crippen LogP contribution is -2.32. The summed E-state index contributed by atoms with van der Waals surface area (Å²) < 4.78 is 4.95. The van der Waals surface area contributed by atoms with Crippen LogP contribution in [0.4, 0.5) is 0 Å². The Morgan fingerprint density at radius 3 is 3.00 bits per heavy atom. The predicted molar refractivity (Wildman–Crippen MR) is 41.8 cm³/mol. The molecule has 1 atom stereocenters. The van der Waals surface area contributed by atoms with Gasteiger partial charge in [0, 0.05) is 12.0 Å². The number of Topliss-reactive ketones (excluding diaryl/α,β-unsaturated/α-hetero) is 1. The summed E-state index contributed by atoms with van der Waals surface area (Å²) in [5.74, 6) is 0.318. The molecular weight excluding hydrogens is 156 g/mol. The van der Waals surface area contributed by atoms with Crippen LogP contribution in [-0.2, 0) is 11.2 Å². The van der Waals surface area contributed by atoms with Crippen LogP contribution >= 0.6 is 0 Å². The summed E-state index contributed by atoms with van der Waals surface area (Å²) in [7, 11) is 0. The molecule has 1 aromatic rings. The maximum Gasteiger partial charge on any atom is 0.257 e. The molecule has 62 valence electrons. The van der Waals surface area contributed by atoms with E-state index in [1.54, 1.807) is 12.1 Å². The zero-order valence-corrected chi connectivity index (χ0v) is 6.36. The summed E-state index contributed by atoms with van der Waals surface area (Å²) in [6, 6.07) is 7.21. The molecule has 1 aliphatic heterocycles. The molecule has 0 saturated heterocycles. The highest BCUT2D eigenvalue weighted by molar-refractivity contribution is 5.86. The van der Waals surface area contributed by atoms with Crippen molar-refractivity contribution < 1.29 is 14.6 Å². The van der Waals surface area contributed by atoms with Gasteiger partial charge in [-0.2, -0.15) is 0 Å². The Hall–Kier alpha value is -1.35. The lowest BCUT2D eigenvalue weighted by molar-refractivity contribution is -0.142. The third-order valence-electron chi connectivity index (χ3n) is 1.85. The number of hydrogen-bond acceptors (Lipinski definition) is 3. The highest BCUT2D eigenvalue weighted by Crippen LogP contribution is 2.24. The van der Waals surface area contributed by atoms with Gasteiger partial charge in [0.05, 0.1) is 0 Å². The highest BCUT2D eigenvalue weighted by atomic mass is 16.6. The van der Waals surface area contributed by atoms with E-state index in [9.17, 15) is 4.79 Å². The second-order valence-corrected chi connectivity index (χ2v) is 2.72. The van der Waals surface area contributed by atoms with E-state index in [1.807, 2.05) is 12.1 Å². The number of benzene rings is 1. The first-order valence-corrected chi connectivity index (χ1v) is 3.73. The van der Waals surface area contributed by atoms with Crippen molar-refractivity contribution in [2.75, 3.05) is 0 Å². The monoisotopic (exact) mass is 164 g/mol. The first kappa shape index (κ1) is 7.31. The highest BCUT2D eigenvalue weighted by Gasteiger charge is 2.24. The van der Waals surface area contributed by atoms with Crippen molar-refractivity contribution in [2.24, 2.45) is 0 Å². The molecule has 3 nitrogen and oxygen atoms in total. The van der Waals surface area contributed by atoms with Gasteiger partial charge in [0.15, 0.2) is 0 Å². The van der Waals surface area contributed by atoms with Gasteiger partial charge in [-0.05, 0) is 6.07 Å². The first-order chi connectivity index (χ1) is 5.77. The fourth-order valence-corrected chi connectivity index (χ4v) is 1.23. The number of aliphatic hydroxyl groups is 1. The first-order valence-electron chi connectivity index (χ1n) is 3.73. The lowest BCUT2D eigenvalue weighted by Gasteiger charge is -2.20. The molecule has 1 aromatic carbocycles.